The summed E-state index contributed by atoms with van der Waals surface area (Å²) in [5, 5.41) is 1.86. The highest BCUT2D eigenvalue weighted by atomic mass is 35.5. The van der Waals surface area contributed by atoms with E-state index in [1.54, 1.807) is 0 Å². The molecule has 90 valence electrons. The second-order valence-electron chi connectivity index (χ2n) is 5.40. The maximum Gasteiger partial charge on any atom is 0.0757 e. The third kappa shape index (κ3) is 2.30. The average molecular weight is 248 g/mol. The van der Waals surface area contributed by atoms with Gasteiger partial charge in [-0.05, 0) is 23.5 Å². The Morgan fingerprint density at radius 1 is 1.24 bits per heavy atom. The summed E-state index contributed by atoms with van der Waals surface area (Å²) in [7, 11) is 0. The fraction of sp³-hybridized carbons (Fsp3) is 0.400. The van der Waals surface area contributed by atoms with Gasteiger partial charge in [0.05, 0.1) is 10.5 Å². The molecule has 0 saturated carbocycles. The van der Waals surface area contributed by atoms with Crippen molar-refractivity contribution in [3.63, 3.8) is 0 Å². The molecule has 1 nitrogen and oxygen atoms in total. The Labute approximate surface area is 108 Å². The van der Waals surface area contributed by atoms with Crippen LogP contribution in [0.25, 0.3) is 10.9 Å². The van der Waals surface area contributed by atoms with Crippen molar-refractivity contribution in [3.05, 3.63) is 40.5 Å². The van der Waals surface area contributed by atoms with Gasteiger partial charge in [0.1, 0.15) is 0 Å². The van der Waals surface area contributed by atoms with E-state index in [1.165, 1.54) is 5.56 Å². The van der Waals surface area contributed by atoms with Gasteiger partial charge in [-0.25, -0.2) is 0 Å². The minimum Gasteiger partial charge on any atom is -0.252 e. The van der Waals surface area contributed by atoms with Crippen molar-refractivity contribution in [2.75, 3.05) is 0 Å². The van der Waals surface area contributed by atoms with E-state index in [0.717, 1.165) is 28.0 Å². The molecular weight excluding hydrogens is 230 g/mol. The zero-order valence-corrected chi connectivity index (χ0v) is 11.6. The first-order valence-corrected chi connectivity index (χ1v) is 6.40. The summed E-state index contributed by atoms with van der Waals surface area (Å²) in [5.74, 6) is 0. The van der Waals surface area contributed by atoms with Gasteiger partial charge < -0.3 is 0 Å². The Hall–Kier alpha value is -1.08. The summed E-state index contributed by atoms with van der Waals surface area (Å²) in [6.45, 7) is 8.71. The first-order chi connectivity index (χ1) is 7.93. The summed E-state index contributed by atoms with van der Waals surface area (Å²) in [6, 6.07) is 8.21. The summed E-state index contributed by atoms with van der Waals surface area (Å²) in [5.41, 5.74) is 3.44. The Morgan fingerprint density at radius 2 is 1.94 bits per heavy atom. The van der Waals surface area contributed by atoms with Crippen LogP contribution in [-0.2, 0) is 11.8 Å². The van der Waals surface area contributed by atoms with Gasteiger partial charge in [-0.15, -0.1) is 0 Å². The lowest BCUT2D eigenvalue weighted by atomic mass is 9.85. The summed E-state index contributed by atoms with van der Waals surface area (Å²) in [6.07, 6.45) is 0.911. The van der Waals surface area contributed by atoms with E-state index in [2.05, 4.69) is 39.8 Å². The molecule has 0 bridgehead atoms. The van der Waals surface area contributed by atoms with Gasteiger partial charge in [-0.2, -0.15) is 0 Å². The van der Waals surface area contributed by atoms with Gasteiger partial charge in [0.2, 0.25) is 0 Å². The van der Waals surface area contributed by atoms with Crippen LogP contribution in [0.2, 0.25) is 5.02 Å². The zero-order chi connectivity index (χ0) is 12.6. The van der Waals surface area contributed by atoms with E-state index in [9.17, 15) is 0 Å². The molecule has 1 aromatic carbocycles. The number of pyridine rings is 1. The van der Waals surface area contributed by atoms with Crippen LogP contribution in [0.1, 0.15) is 39.0 Å². The number of aryl methyl sites for hydroxylation is 1. The SMILES string of the molecule is CCc1cc(Cl)c2cccc(C(C)(C)C)c2n1. The third-order valence-corrected chi connectivity index (χ3v) is 3.33. The molecule has 0 aliphatic rings. The van der Waals surface area contributed by atoms with Crippen LogP contribution < -0.4 is 0 Å². The Balaban J connectivity index is 2.83. The van der Waals surface area contributed by atoms with Crippen molar-refractivity contribution in [2.24, 2.45) is 0 Å². The first-order valence-electron chi connectivity index (χ1n) is 6.02. The van der Waals surface area contributed by atoms with E-state index in [0.29, 0.717) is 0 Å². The van der Waals surface area contributed by atoms with Gasteiger partial charge in [0.25, 0.3) is 0 Å². The summed E-state index contributed by atoms with van der Waals surface area (Å²) in [4.78, 5) is 4.74. The van der Waals surface area contributed by atoms with Crippen molar-refractivity contribution in [1.29, 1.82) is 0 Å². The molecule has 2 rings (SSSR count). The van der Waals surface area contributed by atoms with Crippen LogP contribution >= 0.6 is 11.6 Å². The zero-order valence-electron chi connectivity index (χ0n) is 10.8. The first kappa shape index (κ1) is 12.4. The Morgan fingerprint density at radius 3 is 2.53 bits per heavy atom. The normalized spacial score (nSPS) is 12.1. The molecule has 17 heavy (non-hydrogen) atoms. The van der Waals surface area contributed by atoms with Gasteiger partial charge >= 0.3 is 0 Å². The van der Waals surface area contributed by atoms with Crippen molar-refractivity contribution in [3.8, 4) is 0 Å². The lowest BCUT2D eigenvalue weighted by Crippen LogP contribution is -2.12. The van der Waals surface area contributed by atoms with Crippen LogP contribution in [0.3, 0.4) is 0 Å². The van der Waals surface area contributed by atoms with Gasteiger partial charge in [0, 0.05) is 11.1 Å². The van der Waals surface area contributed by atoms with Crippen molar-refractivity contribution >= 4 is 22.5 Å². The van der Waals surface area contributed by atoms with Gasteiger partial charge in [-0.1, -0.05) is 57.5 Å². The lowest BCUT2D eigenvalue weighted by molar-refractivity contribution is 0.594. The fourth-order valence-corrected chi connectivity index (χ4v) is 2.32. The molecule has 0 amide bonds. The molecule has 2 heteroatoms. The third-order valence-electron chi connectivity index (χ3n) is 3.01. The molecule has 2 aromatic rings. The Bertz CT molecular complexity index is 553. The quantitative estimate of drug-likeness (QED) is 0.709. The van der Waals surface area contributed by atoms with Gasteiger partial charge in [0.15, 0.2) is 0 Å². The van der Waals surface area contributed by atoms with Gasteiger partial charge in [-0.3, -0.25) is 4.98 Å². The number of para-hydroxylation sites is 1. The molecule has 1 heterocycles. The number of aromatic nitrogens is 1. The number of fused-ring (bicyclic) bond motifs is 1. The monoisotopic (exact) mass is 247 g/mol. The second kappa shape index (κ2) is 4.30. The standard InChI is InChI=1S/C15H18ClN/c1-5-10-9-13(16)11-7-6-8-12(14(11)17-10)15(2,3)4/h6-9H,5H2,1-4H3. The summed E-state index contributed by atoms with van der Waals surface area (Å²) >= 11 is 6.32. The van der Waals surface area contributed by atoms with E-state index in [1.807, 2.05) is 12.1 Å². The molecule has 0 aliphatic carbocycles. The molecular formula is C15H18ClN. The summed E-state index contributed by atoms with van der Waals surface area (Å²) < 4.78 is 0. The Kier molecular flexibility index (Phi) is 3.13. The molecule has 0 N–H and O–H groups in total. The highest BCUT2D eigenvalue weighted by molar-refractivity contribution is 6.35. The van der Waals surface area contributed by atoms with E-state index >= 15 is 0 Å². The van der Waals surface area contributed by atoms with Crippen LogP contribution in [0, 0.1) is 0 Å². The van der Waals surface area contributed by atoms with Crippen LogP contribution in [0.15, 0.2) is 24.3 Å². The molecule has 0 radical (unpaired) electrons. The predicted octanol–water partition coefficient (Wildman–Crippen LogP) is 4.75. The number of nitrogens with zero attached hydrogens (tertiary/aromatic N) is 1. The van der Waals surface area contributed by atoms with Crippen LogP contribution in [0.4, 0.5) is 0 Å². The van der Waals surface area contributed by atoms with Crippen molar-refractivity contribution in [1.82, 2.24) is 4.98 Å². The maximum atomic E-state index is 6.32. The smallest absolute Gasteiger partial charge is 0.0757 e. The molecule has 0 atom stereocenters. The highest BCUT2D eigenvalue weighted by Gasteiger charge is 2.18. The number of rotatable bonds is 1. The largest absolute Gasteiger partial charge is 0.252 e. The topological polar surface area (TPSA) is 12.9 Å². The maximum absolute atomic E-state index is 6.32. The number of hydrogen-bond acceptors (Lipinski definition) is 1. The van der Waals surface area contributed by atoms with E-state index in [4.69, 9.17) is 16.6 Å². The minimum absolute atomic E-state index is 0.0855. The van der Waals surface area contributed by atoms with E-state index in [-0.39, 0.29) is 5.41 Å². The molecule has 0 fully saturated rings. The second-order valence-corrected chi connectivity index (χ2v) is 5.81. The lowest BCUT2D eigenvalue weighted by Gasteiger charge is -2.21. The van der Waals surface area contributed by atoms with Crippen LogP contribution in [-0.4, -0.2) is 4.98 Å². The predicted molar refractivity (Wildman–Crippen MR) is 74.8 cm³/mol. The molecule has 1 aromatic heterocycles. The van der Waals surface area contributed by atoms with E-state index < -0.39 is 0 Å². The molecule has 0 spiro atoms. The number of benzene rings is 1. The number of hydrogen-bond donors (Lipinski definition) is 0. The minimum atomic E-state index is 0.0855. The highest BCUT2D eigenvalue weighted by Crippen LogP contribution is 2.32. The van der Waals surface area contributed by atoms with Crippen LogP contribution in [0.5, 0.6) is 0 Å². The molecule has 0 unspecified atom stereocenters. The average Bonchev–Trinajstić information content (AvgIpc) is 2.26. The fourth-order valence-electron chi connectivity index (χ4n) is 2.04. The van der Waals surface area contributed by atoms with Crippen molar-refractivity contribution < 1.29 is 0 Å². The van der Waals surface area contributed by atoms with Crippen molar-refractivity contribution in [2.45, 2.75) is 39.5 Å². The molecule has 0 aliphatic heterocycles. The molecule has 0 saturated heterocycles. The number of halogens is 1.